The molecule has 5 heteroatoms. The van der Waals surface area contributed by atoms with Gasteiger partial charge in [-0.2, -0.15) is 0 Å². The van der Waals surface area contributed by atoms with Crippen molar-refractivity contribution in [2.45, 2.75) is 6.92 Å². The van der Waals surface area contributed by atoms with Crippen molar-refractivity contribution >= 4 is 22.7 Å². The van der Waals surface area contributed by atoms with Crippen molar-refractivity contribution in [1.29, 1.82) is 0 Å². The molecular weight excluding hydrogens is 259 g/mol. The summed E-state index contributed by atoms with van der Waals surface area (Å²) in [5.41, 5.74) is 1.60. The predicted octanol–water partition coefficient (Wildman–Crippen LogP) is 3.53. The highest BCUT2D eigenvalue weighted by atomic mass is 19.1. The summed E-state index contributed by atoms with van der Waals surface area (Å²) in [6, 6.07) is 11.6. The number of carbonyl (C=O) groups is 1. The van der Waals surface area contributed by atoms with Crippen LogP contribution in [0.5, 0.6) is 0 Å². The maximum Gasteiger partial charge on any atom is 0.256 e. The highest BCUT2D eigenvalue weighted by Gasteiger charge is 2.14. The first-order chi connectivity index (χ1) is 9.65. The van der Waals surface area contributed by atoms with E-state index in [-0.39, 0.29) is 17.3 Å². The van der Waals surface area contributed by atoms with Gasteiger partial charge in [-0.05, 0) is 31.2 Å². The molecule has 1 amide bonds. The first-order valence-electron chi connectivity index (χ1n) is 6.07. The minimum Gasteiger partial charge on any atom is -0.351 e. The van der Waals surface area contributed by atoms with Crippen molar-refractivity contribution in [1.82, 2.24) is 5.16 Å². The number of nitrogens with one attached hydrogen (secondary N) is 1. The lowest BCUT2D eigenvalue weighted by molar-refractivity contribution is 0.102. The maximum atomic E-state index is 13.5. The van der Waals surface area contributed by atoms with Gasteiger partial charge < -0.3 is 9.84 Å². The number of aryl methyl sites for hydroxylation is 1. The second-order valence-corrected chi connectivity index (χ2v) is 4.47. The number of halogens is 1. The lowest BCUT2D eigenvalue weighted by atomic mass is 10.1. The molecule has 0 aliphatic carbocycles. The van der Waals surface area contributed by atoms with Gasteiger partial charge in [0.2, 0.25) is 5.58 Å². The second-order valence-electron chi connectivity index (χ2n) is 4.47. The van der Waals surface area contributed by atoms with E-state index < -0.39 is 5.82 Å². The van der Waals surface area contributed by atoms with Gasteiger partial charge in [0, 0.05) is 5.56 Å². The number of hydrogen-bond acceptors (Lipinski definition) is 3. The van der Waals surface area contributed by atoms with Gasteiger partial charge in [0.15, 0.2) is 11.6 Å². The number of fused-ring (bicyclic) bond motifs is 1. The summed E-state index contributed by atoms with van der Waals surface area (Å²) in [5, 5.41) is 6.75. The van der Waals surface area contributed by atoms with E-state index in [1.807, 2.05) is 19.1 Å². The first kappa shape index (κ1) is 12.3. The average molecular weight is 270 g/mol. The maximum absolute atomic E-state index is 13.5. The van der Waals surface area contributed by atoms with E-state index in [2.05, 4.69) is 10.5 Å². The van der Waals surface area contributed by atoms with Crippen LogP contribution in [0.1, 0.15) is 15.9 Å². The predicted molar refractivity (Wildman–Crippen MR) is 73.1 cm³/mol. The Hall–Kier alpha value is -2.69. The Balaban J connectivity index is 1.91. The molecular formula is C15H11FN2O2. The monoisotopic (exact) mass is 270 g/mol. The number of carbonyl (C=O) groups excluding carboxylic acids is 1. The molecule has 0 atom stereocenters. The number of benzene rings is 2. The summed E-state index contributed by atoms with van der Waals surface area (Å²) in [5.74, 6) is -0.611. The summed E-state index contributed by atoms with van der Waals surface area (Å²) in [7, 11) is 0. The number of para-hydroxylation sites is 1. The van der Waals surface area contributed by atoms with E-state index in [1.165, 1.54) is 12.1 Å². The van der Waals surface area contributed by atoms with Crippen molar-refractivity contribution in [3.05, 3.63) is 59.4 Å². The second kappa shape index (κ2) is 4.77. The summed E-state index contributed by atoms with van der Waals surface area (Å²) < 4.78 is 18.4. The van der Waals surface area contributed by atoms with Crippen LogP contribution in [0.15, 0.2) is 47.0 Å². The molecule has 0 aliphatic rings. The standard InChI is InChI=1S/C15H11FN2O2/c1-9-5-7-10(8-6-9)15(19)17-14-11-3-2-4-12(16)13(11)20-18-14/h2-8H,1H3,(H,17,18,19). The largest absolute Gasteiger partial charge is 0.351 e. The van der Waals surface area contributed by atoms with Crippen LogP contribution in [0.2, 0.25) is 0 Å². The van der Waals surface area contributed by atoms with Crippen molar-refractivity contribution in [2.24, 2.45) is 0 Å². The van der Waals surface area contributed by atoms with E-state index >= 15 is 0 Å². The lowest BCUT2D eigenvalue weighted by Gasteiger charge is -2.02. The van der Waals surface area contributed by atoms with Crippen LogP contribution < -0.4 is 5.32 Å². The third-order valence-corrected chi connectivity index (χ3v) is 3.00. The fourth-order valence-electron chi connectivity index (χ4n) is 1.90. The van der Waals surface area contributed by atoms with Crippen molar-refractivity contribution in [3.63, 3.8) is 0 Å². The molecule has 0 aliphatic heterocycles. The molecule has 0 radical (unpaired) electrons. The third kappa shape index (κ3) is 2.14. The molecule has 0 unspecified atom stereocenters. The summed E-state index contributed by atoms with van der Waals surface area (Å²) in [6.07, 6.45) is 0. The van der Waals surface area contributed by atoms with Crippen LogP contribution >= 0.6 is 0 Å². The van der Waals surface area contributed by atoms with Crippen LogP contribution in [-0.2, 0) is 0 Å². The molecule has 1 aromatic heterocycles. The Labute approximate surface area is 114 Å². The van der Waals surface area contributed by atoms with Crippen LogP contribution in [0.25, 0.3) is 11.0 Å². The quantitative estimate of drug-likeness (QED) is 0.775. The van der Waals surface area contributed by atoms with Gasteiger partial charge in [-0.3, -0.25) is 4.79 Å². The van der Waals surface area contributed by atoms with Gasteiger partial charge in [0.1, 0.15) is 0 Å². The minimum atomic E-state index is -0.508. The molecule has 4 nitrogen and oxygen atoms in total. The first-order valence-corrected chi connectivity index (χ1v) is 6.07. The van der Waals surface area contributed by atoms with Crippen LogP contribution in [0.4, 0.5) is 10.2 Å². The molecule has 0 bridgehead atoms. The van der Waals surface area contributed by atoms with Gasteiger partial charge in [0.25, 0.3) is 5.91 Å². The molecule has 0 spiro atoms. The summed E-state index contributed by atoms with van der Waals surface area (Å²) in [4.78, 5) is 12.1. The highest BCUT2D eigenvalue weighted by Crippen LogP contribution is 2.25. The molecule has 3 aromatic rings. The molecule has 2 aromatic carbocycles. The average Bonchev–Trinajstić information content (AvgIpc) is 2.84. The number of hydrogen-bond donors (Lipinski definition) is 1. The zero-order valence-corrected chi connectivity index (χ0v) is 10.7. The zero-order valence-electron chi connectivity index (χ0n) is 10.7. The third-order valence-electron chi connectivity index (χ3n) is 3.00. The van der Waals surface area contributed by atoms with E-state index in [1.54, 1.807) is 18.2 Å². The molecule has 20 heavy (non-hydrogen) atoms. The van der Waals surface area contributed by atoms with Gasteiger partial charge >= 0.3 is 0 Å². The molecule has 1 heterocycles. The van der Waals surface area contributed by atoms with Crippen LogP contribution in [-0.4, -0.2) is 11.1 Å². The van der Waals surface area contributed by atoms with E-state index in [0.717, 1.165) is 5.56 Å². The number of amides is 1. The Morgan fingerprint density at radius 3 is 2.70 bits per heavy atom. The lowest BCUT2D eigenvalue weighted by Crippen LogP contribution is -2.12. The summed E-state index contributed by atoms with van der Waals surface area (Å²) >= 11 is 0. The Morgan fingerprint density at radius 2 is 1.95 bits per heavy atom. The topological polar surface area (TPSA) is 55.1 Å². The molecule has 1 N–H and O–H groups in total. The highest BCUT2D eigenvalue weighted by molar-refractivity contribution is 6.07. The number of anilines is 1. The smallest absolute Gasteiger partial charge is 0.256 e. The normalized spacial score (nSPS) is 10.7. The van der Waals surface area contributed by atoms with Crippen molar-refractivity contribution in [2.75, 3.05) is 5.32 Å². The molecule has 0 saturated heterocycles. The number of nitrogens with zero attached hydrogens (tertiary/aromatic N) is 1. The Bertz CT molecular complexity index is 778. The van der Waals surface area contributed by atoms with Crippen LogP contribution in [0, 0.1) is 12.7 Å². The number of rotatable bonds is 2. The van der Waals surface area contributed by atoms with Crippen LogP contribution in [0.3, 0.4) is 0 Å². The van der Waals surface area contributed by atoms with Gasteiger partial charge in [-0.15, -0.1) is 0 Å². The fourth-order valence-corrected chi connectivity index (χ4v) is 1.90. The summed E-state index contributed by atoms with van der Waals surface area (Å²) in [6.45, 7) is 1.94. The fraction of sp³-hybridized carbons (Fsp3) is 0.0667. The van der Waals surface area contributed by atoms with Crippen molar-refractivity contribution < 1.29 is 13.7 Å². The van der Waals surface area contributed by atoms with E-state index in [4.69, 9.17) is 4.52 Å². The minimum absolute atomic E-state index is 0.0340. The van der Waals surface area contributed by atoms with Gasteiger partial charge in [-0.1, -0.05) is 28.9 Å². The van der Waals surface area contributed by atoms with E-state index in [0.29, 0.717) is 10.9 Å². The van der Waals surface area contributed by atoms with E-state index in [9.17, 15) is 9.18 Å². The number of aromatic nitrogens is 1. The SMILES string of the molecule is Cc1ccc(C(=O)Nc2noc3c(F)cccc23)cc1. The molecule has 0 fully saturated rings. The molecule has 100 valence electrons. The Morgan fingerprint density at radius 1 is 1.20 bits per heavy atom. The van der Waals surface area contributed by atoms with Gasteiger partial charge in [-0.25, -0.2) is 4.39 Å². The molecule has 0 saturated carbocycles. The van der Waals surface area contributed by atoms with Gasteiger partial charge in [0.05, 0.1) is 5.39 Å². The molecule has 3 rings (SSSR count). The Kier molecular flexibility index (Phi) is 2.95. The van der Waals surface area contributed by atoms with Crippen molar-refractivity contribution in [3.8, 4) is 0 Å². The zero-order chi connectivity index (χ0) is 14.1.